The Balaban J connectivity index is 2.19. The summed E-state index contributed by atoms with van der Waals surface area (Å²) in [6.07, 6.45) is 5.44. The first-order valence-electron chi connectivity index (χ1n) is 6.24. The molecule has 102 valence electrons. The van der Waals surface area contributed by atoms with Crippen LogP contribution < -0.4 is 10.3 Å². The Kier molecular flexibility index (Phi) is 4.50. The molecule has 0 saturated heterocycles. The molecule has 0 bridgehead atoms. The molecule has 0 amide bonds. The summed E-state index contributed by atoms with van der Waals surface area (Å²) in [5, 5.41) is 4.23. The smallest absolute Gasteiger partial charge is 0.267 e. The Bertz CT molecular complexity index is 670. The lowest BCUT2D eigenvalue weighted by Gasteiger charge is -2.01. The van der Waals surface area contributed by atoms with Gasteiger partial charge >= 0.3 is 0 Å². The molecule has 20 heavy (non-hydrogen) atoms. The van der Waals surface area contributed by atoms with Crippen LogP contribution in [0.3, 0.4) is 0 Å². The van der Waals surface area contributed by atoms with E-state index in [1.807, 2.05) is 36.4 Å². The van der Waals surface area contributed by atoms with Crippen LogP contribution in [0.2, 0.25) is 0 Å². The molecule has 0 unspecified atom stereocenters. The second kappa shape index (κ2) is 6.52. The van der Waals surface area contributed by atoms with Gasteiger partial charge in [-0.1, -0.05) is 24.3 Å². The highest BCUT2D eigenvalue weighted by Gasteiger charge is 1.96. The maximum Gasteiger partial charge on any atom is 0.267 e. The van der Waals surface area contributed by atoms with E-state index in [9.17, 15) is 4.79 Å². The highest BCUT2D eigenvalue weighted by atomic mass is 16.5. The standard InChI is InChI=1S/C16H16N2O2/c1-3-12-18-16(19)11-8-14(17-18)7-4-13-5-9-15(20-2)10-6-13/h3-11H,1,12H2,2H3/b7-4+. The van der Waals surface area contributed by atoms with Gasteiger partial charge in [0.25, 0.3) is 5.56 Å². The number of ether oxygens (including phenoxy) is 1. The molecule has 1 aromatic carbocycles. The molecule has 2 rings (SSSR count). The highest BCUT2D eigenvalue weighted by molar-refractivity contribution is 5.67. The number of benzene rings is 1. The van der Waals surface area contributed by atoms with Crippen LogP contribution in [0.25, 0.3) is 12.2 Å². The Morgan fingerprint density at radius 2 is 1.95 bits per heavy atom. The zero-order valence-corrected chi connectivity index (χ0v) is 11.3. The normalized spacial score (nSPS) is 10.7. The molecule has 1 heterocycles. The van der Waals surface area contributed by atoms with Gasteiger partial charge in [-0.3, -0.25) is 4.79 Å². The number of aromatic nitrogens is 2. The summed E-state index contributed by atoms with van der Waals surface area (Å²) < 4.78 is 6.48. The van der Waals surface area contributed by atoms with E-state index in [1.165, 1.54) is 10.7 Å². The van der Waals surface area contributed by atoms with Crippen molar-refractivity contribution in [2.45, 2.75) is 6.54 Å². The number of hydrogen-bond donors (Lipinski definition) is 0. The molecule has 0 aliphatic rings. The fourth-order valence-corrected chi connectivity index (χ4v) is 1.70. The van der Waals surface area contributed by atoms with E-state index in [0.717, 1.165) is 17.0 Å². The zero-order valence-electron chi connectivity index (χ0n) is 11.3. The first-order valence-corrected chi connectivity index (χ1v) is 6.24. The van der Waals surface area contributed by atoms with Gasteiger partial charge in [0, 0.05) is 6.07 Å². The summed E-state index contributed by atoms with van der Waals surface area (Å²) in [4.78, 5) is 11.5. The minimum atomic E-state index is -0.133. The van der Waals surface area contributed by atoms with Gasteiger partial charge in [-0.2, -0.15) is 5.10 Å². The molecule has 0 aliphatic heterocycles. The van der Waals surface area contributed by atoms with E-state index in [-0.39, 0.29) is 5.56 Å². The molecule has 0 atom stereocenters. The second-order valence-corrected chi connectivity index (χ2v) is 4.17. The predicted molar refractivity (Wildman–Crippen MR) is 80.6 cm³/mol. The van der Waals surface area contributed by atoms with Gasteiger partial charge in [0.2, 0.25) is 0 Å². The fourth-order valence-electron chi connectivity index (χ4n) is 1.70. The molecule has 0 aliphatic carbocycles. The quantitative estimate of drug-likeness (QED) is 0.783. The number of allylic oxidation sites excluding steroid dienone is 1. The number of nitrogens with zero attached hydrogens (tertiary/aromatic N) is 2. The molecular weight excluding hydrogens is 252 g/mol. The van der Waals surface area contributed by atoms with Crippen molar-refractivity contribution < 1.29 is 4.74 Å². The van der Waals surface area contributed by atoms with Crippen LogP contribution in [0.4, 0.5) is 0 Å². The molecule has 4 nitrogen and oxygen atoms in total. The molecular formula is C16H16N2O2. The minimum Gasteiger partial charge on any atom is -0.497 e. The number of methoxy groups -OCH3 is 1. The summed E-state index contributed by atoms with van der Waals surface area (Å²) in [5.41, 5.74) is 1.63. The largest absolute Gasteiger partial charge is 0.497 e. The van der Waals surface area contributed by atoms with E-state index in [2.05, 4.69) is 11.7 Å². The molecule has 0 fully saturated rings. The fraction of sp³-hybridized carbons (Fsp3) is 0.125. The van der Waals surface area contributed by atoms with Crippen molar-refractivity contribution >= 4 is 12.2 Å². The van der Waals surface area contributed by atoms with Crippen molar-refractivity contribution in [2.75, 3.05) is 7.11 Å². The third kappa shape index (κ3) is 3.45. The van der Waals surface area contributed by atoms with Crippen LogP contribution in [0.15, 0.2) is 53.8 Å². The SMILES string of the molecule is C=CCn1nc(/C=C/c2ccc(OC)cc2)ccc1=O. The maximum absolute atomic E-state index is 11.5. The third-order valence-electron chi connectivity index (χ3n) is 2.75. The lowest BCUT2D eigenvalue weighted by molar-refractivity contribution is 0.415. The average molecular weight is 268 g/mol. The lowest BCUT2D eigenvalue weighted by atomic mass is 10.2. The number of rotatable bonds is 5. The first-order chi connectivity index (χ1) is 9.72. The van der Waals surface area contributed by atoms with Crippen molar-refractivity contribution in [2.24, 2.45) is 0 Å². The third-order valence-corrected chi connectivity index (χ3v) is 2.75. The van der Waals surface area contributed by atoms with Crippen molar-refractivity contribution in [3.63, 3.8) is 0 Å². The van der Waals surface area contributed by atoms with Crippen molar-refractivity contribution in [1.29, 1.82) is 0 Å². The minimum absolute atomic E-state index is 0.133. The van der Waals surface area contributed by atoms with Crippen LogP contribution in [-0.2, 0) is 6.54 Å². The second-order valence-electron chi connectivity index (χ2n) is 4.17. The highest BCUT2D eigenvalue weighted by Crippen LogP contribution is 2.13. The lowest BCUT2D eigenvalue weighted by Crippen LogP contribution is -2.21. The van der Waals surface area contributed by atoms with E-state index < -0.39 is 0 Å². The monoisotopic (exact) mass is 268 g/mol. The van der Waals surface area contributed by atoms with Gasteiger partial charge in [-0.05, 0) is 29.8 Å². The van der Waals surface area contributed by atoms with Gasteiger partial charge in [-0.25, -0.2) is 4.68 Å². The summed E-state index contributed by atoms with van der Waals surface area (Å²) in [5.74, 6) is 0.819. The van der Waals surface area contributed by atoms with Crippen LogP contribution in [0.5, 0.6) is 5.75 Å². The van der Waals surface area contributed by atoms with Crippen LogP contribution in [0.1, 0.15) is 11.3 Å². The van der Waals surface area contributed by atoms with Gasteiger partial charge in [0.15, 0.2) is 0 Å². The predicted octanol–water partition coefficient (Wildman–Crippen LogP) is 2.61. The summed E-state index contributed by atoms with van der Waals surface area (Å²) >= 11 is 0. The molecule has 0 spiro atoms. The molecule has 0 saturated carbocycles. The Hall–Kier alpha value is -2.62. The zero-order chi connectivity index (χ0) is 14.4. The van der Waals surface area contributed by atoms with E-state index in [4.69, 9.17) is 4.74 Å². The van der Waals surface area contributed by atoms with E-state index in [1.54, 1.807) is 19.3 Å². The summed E-state index contributed by atoms with van der Waals surface area (Å²) in [7, 11) is 1.64. The van der Waals surface area contributed by atoms with Gasteiger partial charge in [0.05, 0.1) is 19.3 Å². The van der Waals surface area contributed by atoms with Crippen LogP contribution >= 0.6 is 0 Å². The molecule has 2 aromatic rings. The van der Waals surface area contributed by atoms with Gasteiger partial charge in [-0.15, -0.1) is 6.58 Å². The first kappa shape index (κ1) is 13.8. The topological polar surface area (TPSA) is 44.1 Å². The maximum atomic E-state index is 11.5. The average Bonchev–Trinajstić information content (AvgIpc) is 2.49. The Morgan fingerprint density at radius 1 is 1.20 bits per heavy atom. The molecule has 4 heteroatoms. The van der Waals surface area contributed by atoms with Crippen molar-refractivity contribution in [1.82, 2.24) is 9.78 Å². The van der Waals surface area contributed by atoms with Crippen LogP contribution in [-0.4, -0.2) is 16.9 Å². The van der Waals surface area contributed by atoms with Crippen molar-refractivity contribution in [3.05, 3.63) is 70.7 Å². The van der Waals surface area contributed by atoms with E-state index in [0.29, 0.717) is 6.54 Å². The Morgan fingerprint density at radius 3 is 2.60 bits per heavy atom. The Labute approximate surface area is 117 Å². The van der Waals surface area contributed by atoms with Crippen molar-refractivity contribution in [3.8, 4) is 5.75 Å². The molecule has 1 aromatic heterocycles. The summed E-state index contributed by atoms with van der Waals surface area (Å²) in [6, 6.07) is 10.9. The molecule has 0 N–H and O–H groups in total. The van der Waals surface area contributed by atoms with Crippen LogP contribution in [0, 0.1) is 0 Å². The number of hydrogen-bond acceptors (Lipinski definition) is 3. The van der Waals surface area contributed by atoms with Gasteiger partial charge in [0.1, 0.15) is 5.75 Å². The molecule has 0 radical (unpaired) electrons. The summed E-state index contributed by atoms with van der Waals surface area (Å²) in [6.45, 7) is 4.01. The van der Waals surface area contributed by atoms with Gasteiger partial charge < -0.3 is 4.74 Å². The van der Waals surface area contributed by atoms with E-state index >= 15 is 0 Å².